The Bertz CT molecular complexity index is 1110. The molecule has 0 amide bonds. The van der Waals surface area contributed by atoms with Crippen molar-refractivity contribution in [2.45, 2.75) is 19.9 Å². The molecule has 0 aliphatic heterocycles. The van der Waals surface area contributed by atoms with Gasteiger partial charge in [-0.25, -0.2) is 19.3 Å². The number of hydrogen-bond donors (Lipinski definition) is 0. The van der Waals surface area contributed by atoms with E-state index in [1.807, 2.05) is 20.0 Å². The van der Waals surface area contributed by atoms with Crippen LogP contribution in [0.2, 0.25) is 0 Å². The number of halogens is 1. The molecular weight excluding hydrogens is 408 g/mol. The molecule has 0 radical (unpaired) electrons. The van der Waals surface area contributed by atoms with Crippen LogP contribution in [0.1, 0.15) is 34.0 Å². The van der Waals surface area contributed by atoms with E-state index in [-0.39, 0.29) is 12.0 Å². The molecule has 4 rings (SSSR count). The van der Waals surface area contributed by atoms with Gasteiger partial charge >= 0.3 is 5.97 Å². The minimum atomic E-state index is -0.367. The Labute approximate surface area is 154 Å². The molecule has 25 heavy (non-hydrogen) atoms. The van der Waals surface area contributed by atoms with Gasteiger partial charge in [0.05, 0.1) is 23.2 Å². The zero-order valence-corrected chi connectivity index (χ0v) is 16.0. The Balaban J connectivity index is 1.89. The summed E-state index contributed by atoms with van der Waals surface area (Å²) < 4.78 is 9.15. The minimum absolute atomic E-state index is 0.139. The van der Waals surface area contributed by atoms with Crippen LogP contribution in [-0.2, 0) is 4.74 Å². The van der Waals surface area contributed by atoms with E-state index in [0.717, 1.165) is 20.3 Å². The highest BCUT2D eigenvalue weighted by Gasteiger charge is 2.22. The van der Waals surface area contributed by atoms with Gasteiger partial charge in [-0.3, -0.25) is 4.68 Å². The molecular formula is C15H13BrN6O2S. The molecule has 1 atom stereocenters. The van der Waals surface area contributed by atoms with E-state index < -0.39 is 0 Å². The van der Waals surface area contributed by atoms with Gasteiger partial charge in [-0.15, -0.1) is 16.4 Å². The van der Waals surface area contributed by atoms with Crippen molar-refractivity contribution in [3.8, 4) is 0 Å². The lowest BCUT2D eigenvalue weighted by molar-refractivity contribution is 0.0605. The number of carbonyl (C=O) groups excluding carboxylic acids is 1. The van der Waals surface area contributed by atoms with Crippen LogP contribution < -0.4 is 0 Å². The zero-order valence-electron chi connectivity index (χ0n) is 13.6. The van der Waals surface area contributed by atoms with Gasteiger partial charge in [-0.05, 0) is 35.3 Å². The number of fused-ring (bicyclic) bond motifs is 3. The second kappa shape index (κ2) is 5.88. The van der Waals surface area contributed by atoms with Gasteiger partial charge in [0.2, 0.25) is 0 Å². The number of carbonyl (C=O) groups is 1. The lowest BCUT2D eigenvalue weighted by atomic mass is 10.2. The summed E-state index contributed by atoms with van der Waals surface area (Å²) in [5.41, 5.74) is 1.47. The number of esters is 1. The summed E-state index contributed by atoms with van der Waals surface area (Å²) in [5.74, 6) is 0.253. The van der Waals surface area contributed by atoms with E-state index in [1.165, 1.54) is 18.4 Å². The molecule has 0 aromatic carbocycles. The van der Waals surface area contributed by atoms with Crippen LogP contribution in [0, 0.1) is 6.92 Å². The van der Waals surface area contributed by atoms with Crippen molar-refractivity contribution >= 4 is 49.1 Å². The molecule has 0 fully saturated rings. The summed E-state index contributed by atoms with van der Waals surface area (Å²) in [6, 6.07) is -0.139. The maximum atomic E-state index is 11.9. The van der Waals surface area contributed by atoms with Crippen molar-refractivity contribution in [3.63, 3.8) is 0 Å². The van der Waals surface area contributed by atoms with Gasteiger partial charge < -0.3 is 4.74 Å². The zero-order chi connectivity index (χ0) is 17.7. The third kappa shape index (κ3) is 2.52. The number of rotatable bonds is 3. The number of aryl methyl sites for hydroxylation is 1. The molecule has 0 bridgehead atoms. The monoisotopic (exact) mass is 420 g/mol. The molecule has 0 saturated carbocycles. The number of aromatic nitrogens is 6. The first-order chi connectivity index (χ1) is 12.0. The molecule has 0 aliphatic rings. The van der Waals surface area contributed by atoms with Crippen LogP contribution in [0.4, 0.5) is 0 Å². The van der Waals surface area contributed by atoms with E-state index in [4.69, 9.17) is 4.74 Å². The lowest BCUT2D eigenvalue weighted by Gasteiger charge is -2.06. The fourth-order valence-corrected chi connectivity index (χ4v) is 4.02. The Morgan fingerprint density at radius 2 is 2.24 bits per heavy atom. The van der Waals surface area contributed by atoms with Crippen LogP contribution in [0.25, 0.3) is 15.9 Å². The molecule has 4 aromatic rings. The summed E-state index contributed by atoms with van der Waals surface area (Å²) >= 11 is 4.69. The smallest absolute Gasteiger partial charge is 0.348 e. The van der Waals surface area contributed by atoms with Crippen molar-refractivity contribution in [1.29, 1.82) is 0 Å². The Kier molecular flexibility index (Phi) is 3.80. The highest BCUT2D eigenvalue weighted by atomic mass is 79.9. The third-order valence-corrected chi connectivity index (χ3v) is 5.58. The van der Waals surface area contributed by atoms with Crippen molar-refractivity contribution in [2.24, 2.45) is 0 Å². The number of methoxy groups -OCH3 is 1. The van der Waals surface area contributed by atoms with Gasteiger partial charge in [0, 0.05) is 6.20 Å². The van der Waals surface area contributed by atoms with Crippen LogP contribution in [0.5, 0.6) is 0 Å². The fourth-order valence-electron chi connectivity index (χ4n) is 2.66. The van der Waals surface area contributed by atoms with Gasteiger partial charge in [0.1, 0.15) is 22.1 Å². The van der Waals surface area contributed by atoms with E-state index in [2.05, 4.69) is 36.1 Å². The summed E-state index contributed by atoms with van der Waals surface area (Å²) in [6.07, 6.45) is 5.20. The number of ether oxygens (including phenoxy) is 1. The van der Waals surface area contributed by atoms with Gasteiger partial charge in [-0.2, -0.15) is 5.10 Å². The molecule has 10 heteroatoms. The van der Waals surface area contributed by atoms with E-state index in [9.17, 15) is 4.79 Å². The number of thiophene rings is 1. The van der Waals surface area contributed by atoms with Crippen molar-refractivity contribution in [3.05, 3.63) is 39.5 Å². The topological polar surface area (TPSA) is 87.2 Å². The average molecular weight is 421 g/mol. The minimum Gasteiger partial charge on any atom is -0.465 e. The summed E-state index contributed by atoms with van der Waals surface area (Å²) in [6.45, 7) is 3.84. The van der Waals surface area contributed by atoms with Crippen molar-refractivity contribution in [1.82, 2.24) is 29.4 Å². The summed E-state index contributed by atoms with van der Waals surface area (Å²) in [7, 11) is 1.37. The molecule has 4 heterocycles. The molecule has 1 unspecified atom stereocenters. The lowest BCUT2D eigenvalue weighted by Crippen LogP contribution is -2.09. The maximum absolute atomic E-state index is 11.9. The molecule has 0 spiro atoms. The Morgan fingerprint density at radius 1 is 1.44 bits per heavy atom. The first-order valence-electron chi connectivity index (χ1n) is 7.42. The largest absolute Gasteiger partial charge is 0.465 e. The molecule has 128 valence electrons. The molecule has 8 nitrogen and oxygen atoms in total. The first kappa shape index (κ1) is 16.2. The highest BCUT2D eigenvalue weighted by molar-refractivity contribution is 9.10. The van der Waals surface area contributed by atoms with Crippen molar-refractivity contribution < 1.29 is 9.53 Å². The molecule has 0 aliphatic carbocycles. The van der Waals surface area contributed by atoms with Gasteiger partial charge in [0.25, 0.3) is 0 Å². The second-order valence-corrected chi connectivity index (χ2v) is 7.44. The van der Waals surface area contributed by atoms with Gasteiger partial charge in [0.15, 0.2) is 11.5 Å². The second-order valence-electron chi connectivity index (χ2n) is 5.53. The molecule has 0 N–H and O–H groups in total. The molecule has 0 saturated heterocycles. The summed E-state index contributed by atoms with van der Waals surface area (Å²) in [5, 5.41) is 9.63. The standard InChI is InChI=1S/C15H13BrN6O2S/c1-7-10-13-19-12(8(2)21-5-9(16)4-18-21)20-22(13)6-17-14(10)25-11(7)15(23)24-3/h4-6,8H,1-3H3. The quantitative estimate of drug-likeness (QED) is 0.473. The predicted octanol–water partition coefficient (Wildman–Crippen LogP) is 3.00. The normalized spacial score (nSPS) is 12.8. The third-order valence-electron chi connectivity index (χ3n) is 4.00. The Hall–Kier alpha value is -2.33. The van der Waals surface area contributed by atoms with E-state index >= 15 is 0 Å². The number of nitrogens with zero attached hydrogens (tertiary/aromatic N) is 6. The van der Waals surface area contributed by atoms with Crippen LogP contribution in [0.15, 0.2) is 23.2 Å². The maximum Gasteiger partial charge on any atom is 0.348 e. The highest BCUT2D eigenvalue weighted by Crippen LogP contribution is 2.32. The summed E-state index contributed by atoms with van der Waals surface area (Å²) in [4.78, 5) is 22.3. The number of hydrogen-bond acceptors (Lipinski definition) is 7. The molecule has 4 aromatic heterocycles. The average Bonchev–Trinajstić information content (AvgIpc) is 3.30. The fraction of sp³-hybridized carbons (Fsp3) is 0.267. The van der Waals surface area contributed by atoms with Crippen LogP contribution in [-0.4, -0.2) is 42.4 Å². The first-order valence-corrected chi connectivity index (χ1v) is 9.03. The predicted molar refractivity (Wildman–Crippen MR) is 96.0 cm³/mol. The van der Waals surface area contributed by atoms with E-state index in [1.54, 1.807) is 21.7 Å². The van der Waals surface area contributed by atoms with Crippen LogP contribution >= 0.6 is 27.3 Å². The Morgan fingerprint density at radius 3 is 2.92 bits per heavy atom. The van der Waals surface area contributed by atoms with Gasteiger partial charge in [-0.1, -0.05) is 0 Å². The van der Waals surface area contributed by atoms with E-state index in [0.29, 0.717) is 16.3 Å². The van der Waals surface area contributed by atoms with Crippen LogP contribution in [0.3, 0.4) is 0 Å². The SMILES string of the molecule is COC(=O)c1sc2ncn3nc(C(C)n4cc(Br)cn4)nc3c2c1C. The van der Waals surface area contributed by atoms with Crippen molar-refractivity contribution in [2.75, 3.05) is 7.11 Å².